The van der Waals surface area contributed by atoms with Crippen LogP contribution in [0.2, 0.25) is 0 Å². The second kappa shape index (κ2) is 7.78. The van der Waals surface area contributed by atoms with Crippen LogP contribution in [0.5, 0.6) is 0 Å². The summed E-state index contributed by atoms with van der Waals surface area (Å²) in [6, 6.07) is -1.37. The maximum atomic E-state index is 13.3. The van der Waals surface area contributed by atoms with Crippen LogP contribution in [-0.2, 0) is 18.6 Å². The van der Waals surface area contributed by atoms with E-state index in [1.165, 1.54) is 0 Å². The molecule has 0 bridgehead atoms. The maximum Gasteiger partial charge on any atom is 0.403 e. The molecule has 3 unspecified atom stereocenters. The quantitative estimate of drug-likeness (QED) is 0.340. The van der Waals surface area contributed by atoms with Crippen LogP contribution in [0.4, 0.5) is 4.39 Å². The predicted molar refractivity (Wildman–Crippen MR) is 81.8 cm³/mol. The van der Waals surface area contributed by atoms with E-state index < -0.39 is 61.9 Å². The number of aliphatic hydroxyl groups is 1. The highest BCUT2D eigenvalue weighted by molar-refractivity contribution is 7.50. The number of hydrogen-bond donors (Lipinski definition) is 5. The Hall–Kier alpha value is -1.89. The molecule has 5 N–H and O–H groups in total. The van der Waals surface area contributed by atoms with Crippen LogP contribution in [0, 0.1) is 5.82 Å². The summed E-state index contributed by atoms with van der Waals surface area (Å²) in [4.78, 5) is 44.7. The monoisotopic (exact) mass is 397 g/mol. The van der Waals surface area contributed by atoms with Crippen LogP contribution < -0.4 is 16.3 Å². The number of nitrogens with one attached hydrogen (secondary N) is 2. The summed E-state index contributed by atoms with van der Waals surface area (Å²) in [7, 11) is -4.50. The summed E-state index contributed by atoms with van der Waals surface area (Å²) >= 11 is 0. The van der Waals surface area contributed by atoms with Gasteiger partial charge in [-0.1, -0.05) is 0 Å². The smallest absolute Gasteiger partial charge is 0.403 e. The van der Waals surface area contributed by atoms with Crippen LogP contribution >= 0.6 is 7.75 Å². The van der Waals surface area contributed by atoms with Crippen molar-refractivity contribution in [3.8, 4) is 0 Å². The first-order chi connectivity index (χ1) is 12.0. The van der Waals surface area contributed by atoms with E-state index in [1.54, 1.807) is 4.98 Å². The number of aromatic amines is 1. The largest absolute Gasteiger partial charge is 0.480 e. The number of H-pyrrole nitrogens is 1. The van der Waals surface area contributed by atoms with Crippen LogP contribution in [0.3, 0.4) is 0 Å². The summed E-state index contributed by atoms with van der Waals surface area (Å²) in [6.45, 7) is 0.522. The summed E-state index contributed by atoms with van der Waals surface area (Å²) in [5.74, 6) is -2.60. The van der Waals surface area contributed by atoms with Crippen LogP contribution in [0.1, 0.15) is 19.6 Å². The molecule has 146 valence electrons. The highest BCUT2D eigenvalue weighted by Gasteiger charge is 2.38. The van der Waals surface area contributed by atoms with Crippen molar-refractivity contribution in [1.29, 1.82) is 0 Å². The van der Waals surface area contributed by atoms with Crippen molar-refractivity contribution >= 4 is 13.7 Å². The molecule has 14 heteroatoms. The van der Waals surface area contributed by atoms with Gasteiger partial charge in [-0.2, -0.15) is 4.39 Å². The second-order valence-corrected chi connectivity index (χ2v) is 7.14. The lowest BCUT2D eigenvalue weighted by Gasteiger charge is -2.20. The zero-order valence-corrected chi connectivity index (χ0v) is 14.3. The number of carbonyl (C=O) groups is 1. The normalized spacial score (nSPS) is 26.4. The Morgan fingerprint density at radius 1 is 1.62 bits per heavy atom. The van der Waals surface area contributed by atoms with Gasteiger partial charge in [-0.3, -0.25) is 23.7 Å². The minimum Gasteiger partial charge on any atom is -0.480 e. The van der Waals surface area contributed by atoms with Crippen molar-refractivity contribution in [2.24, 2.45) is 0 Å². The molecule has 1 aliphatic heterocycles. The molecule has 26 heavy (non-hydrogen) atoms. The van der Waals surface area contributed by atoms with E-state index in [-0.39, 0.29) is 6.42 Å². The molecule has 1 fully saturated rings. The molecule has 0 saturated carbocycles. The Kier molecular flexibility index (Phi) is 6.11. The number of aromatic nitrogens is 2. The fraction of sp³-hybridized carbons (Fsp3) is 0.583. The van der Waals surface area contributed by atoms with Gasteiger partial charge in [-0.15, -0.1) is 0 Å². The van der Waals surface area contributed by atoms with Gasteiger partial charge in [0.2, 0.25) is 5.82 Å². The molecule has 1 aliphatic rings. The Balaban J connectivity index is 2.02. The molecule has 5 atom stereocenters. The number of halogens is 1. The fourth-order valence-electron chi connectivity index (χ4n) is 2.22. The molecule has 2 heterocycles. The second-order valence-electron chi connectivity index (χ2n) is 5.58. The number of nitrogens with zero attached hydrogens (tertiary/aromatic N) is 1. The lowest BCUT2D eigenvalue weighted by Crippen LogP contribution is -2.34. The number of carboxylic acid groups (broad SMARTS) is 1. The van der Waals surface area contributed by atoms with E-state index in [4.69, 9.17) is 14.4 Å². The average molecular weight is 397 g/mol. The number of hydrogen-bond acceptors (Lipinski definition) is 7. The molecule has 0 aliphatic carbocycles. The van der Waals surface area contributed by atoms with E-state index >= 15 is 0 Å². The van der Waals surface area contributed by atoms with Crippen LogP contribution in [-0.4, -0.2) is 55.5 Å². The molecule has 0 radical (unpaired) electrons. The Morgan fingerprint density at radius 3 is 2.88 bits per heavy atom. The number of aliphatic hydroxyl groups excluding tert-OH is 1. The number of rotatable bonds is 7. The van der Waals surface area contributed by atoms with Gasteiger partial charge in [0.1, 0.15) is 18.4 Å². The molecule has 2 rings (SSSR count). The van der Waals surface area contributed by atoms with Crippen molar-refractivity contribution in [3.05, 3.63) is 32.9 Å². The van der Waals surface area contributed by atoms with Gasteiger partial charge in [0, 0.05) is 6.42 Å². The van der Waals surface area contributed by atoms with Gasteiger partial charge < -0.3 is 19.8 Å². The first kappa shape index (κ1) is 20.4. The molecule has 1 saturated heterocycles. The van der Waals surface area contributed by atoms with E-state index in [0.29, 0.717) is 6.20 Å². The molecule has 0 aromatic carbocycles. The summed E-state index contributed by atoms with van der Waals surface area (Å²) in [5, 5.41) is 20.5. The highest BCUT2D eigenvalue weighted by atomic mass is 31.2. The summed E-state index contributed by atoms with van der Waals surface area (Å²) in [6.07, 6.45) is -3.06. The standard InChI is InChI=1S/C12H17FN3O9P/c1-5(11(19)20)15-26(22,23)24-4-8-7(17)2-9(25-8)16-3-6(13)10(18)14-12(16)21/h3,5,7-9,17H,2,4H2,1H3,(H,19,20)(H,14,18,21)(H2,15,22,23)/t5-,7?,8?,9?/m0/s1. The molecule has 0 spiro atoms. The number of aliphatic carboxylic acids is 1. The van der Waals surface area contributed by atoms with Gasteiger partial charge in [0.25, 0.3) is 5.56 Å². The third kappa shape index (κ3) is 4.84. The zero-order chi connectivity index (χ0) is 19.6. The van der Waals surface area contributed by atoms with Crippen molar-refractivity contribution in [2.75, 3.05) is 6.61 Å². The Labute approximate surface area is 144 Å². The average Bonchev–Trinajstić information content (AvgIpc) is 2.89. The van der Waals surface area contributed by atoms with E-state index in [9.17, 15) is 33.3 Å². The molecule has 12 nitrogen and oxygen atoms in total. The Bertz CT molecular complexity index is 840. The van der Waals surface area contributed by atoms with E-state index in [2.05, 4.69) is 0 Å². The Morgan fingerprint density at radius 2 is 2.27 bits per heavy atom. The van der Waals surface area contributed by atoms with Crippen LogP contribution in [0.15, 0.2) is 15.8 Å². The third-order valence-electron chi connectivity index (χ3n) is 3.58. The number of ether oxygens (including phenoxy) is 1. The topological polar surface area (TPSA) is 180 Å². The zero-order valence-electron chi connectivity index (χ0n) is 13.4. The predicted octanol–water partition coefficient (Wildman–Crippen LogP) is -1.50. The van der Waals surface area contributed by atoms with Crippen molar-refractivity contribution < 1.29 is 38.1 Å². The molecule has 1 aromatic heterocycles. The highest BCUT2D eigenvalue weighted by Crippen LogP contribution is 2.39. The van der Waals surface area contributed by atoms with Gasteiger partial charge in [0.15, 0.2) is 0 Å². The number of carboxylic acids is 1. The van der Waals surface area contributed by atoms with Gasteiger partial charge in [-0.25, -0.2) is 14.4 Å². The summed E-state index contributed by atoms with van der Waals surface area (Å²) < 4.78 is 35.8. The van der Waals surface area contributed by atoms with Gasteiger partial charge in [-0.05, 0) is 6.92 Å². The van der Waals surface area contributed by atoms with Gasteiger partial charge in [0.05, 0.1) is 18.9 Å². The van der Waals surface area contributed by atoms with Crippen molar-refractivity contribution in [3.63, 3.8) is 0 Å². The van der Waals surface area contributed by atoms with Gasteiger partial charge >= 0.3 is 19.4 Å². The third-order valence-corrected chi connectivity index (χ3v) is 4.79. The molecular weight excluding hydrogens is 380 g/mol. The lowest BCUT2D eigenvalue weighted by molar-refractivity contribution is -0.138. The molecule has 0 amide bonds. The molecular formula is C12H17FN3O9P. The first-order valence-corrected chi connectivity index (χ1v) is 8.90. The maximum absolute atomic E-state index is 13.3. The summed E-state index contributed by atoms with van der Waals surface area (Å²) in [5.41, 5.74) is -2.16. The first-order valence-electron chi connectivity index (χ1n) is 7.32. The minimum absolute atomic E-state index is 0.173. The van der Waals surface area contributed by atoms with Crippen molar-refractivity contribution in [2.45, 2.75) is 37.8 Å². The van der Waals surface area contributed by atoms with Crippen molar-refractivity contribution in [1.82, 2.24) is 14.6 Å². The minimum atomic E-state index is -4.50. The fourth-order valence-corrected chi connectivity index (χ4v) is 3.25. The lowest BCUT2D eigenvalue weighted by atomic mass is 10.2. The SMILES string of the molecule is C[C@H](N[P@@](=O)(O)OCC1OC(n2cc(F)c(=O)[nH]c2=O)CC1O)C(=O)O. The van der Waals surface area contributed by atoms with Crippen LogP contribution in [0.25, 0.3) is 0 Å². The van der Waals surface area contributed by atoms with E-state index in [0.717, 1.165) is 11.5 Å². The molecule has 1 aromatic rings. The van der Waals surface area contributed by atoms with E-state index in [1.807, 2.05) is 5.09 Å².